The molecule has 0 aliphatic rings. The van der Waals surface area contributed by atoms with Crippen LogP contribution < -0.4 is 0 Å². The summed E-state index contributed by atoms with van der Waals surface area (Å²) in [4.78, 5) is 13.2. The molecule has 3 nitrogen and oxygen atoms in total. The predicted molar refractivity (Wildman–Crippen MR) is 43.9 cm³/mol. The van der Waals surface area contributed by atoms with Crippen LogP contribution in [0.2, 0.25) is 0 Å². The first-order valence-electron chi connectivity index (χ1n) is 3.40. The van der Waals surface area contributed by atoms with Crippen molar-refractivity contribution in [1.29, 1.82) is 0 Å². The summed E-state index contributed by atoms with van der Waals surface area (Å²) >= 11 is 2.41. The number of alkyl halides is 3. The fourth-order valence-electron chi connectivity index (χ4n) is 0.799. The minimum Gasteiger partial charge on any atom is -0.478 e. The number of rotatable bonds is 1. The third kappa shape index (κ3) is 2.44. The van der Waals surface area contributed by atoms with E-state index in [2.05, 4.69) is 20.9 Å². The van der Waals surface area contributed by atoms with Gasteiger partial charge in [0.2, 0.25) is 0 Å². The third-order valence-corrected chi connectivity index (χ3v) is 1.96. The lowest BCUT2D eigenvalue weighted by Gasteiger charge is -2.07. The number of carboxylic acids is 1. The van der Waals surface area contributed by atoms with Gasteiger partial charge in [-0.3, -0.25) is 0 Å². The van der Waals surface area contributed by atoms with Crippen molar-refractivity contribution in [3.05, 3.63) is 27.7 Å². The van der Waals surface area contributed by atoms with Crippen molar-refractivity contribution in [2.24, 2.45) is 0 Å². The van der Waals surface area contributed by atoms with E-state index in [1.54, 1.807) is 0 Å². The van der Waals surface area contributed by atoms with Gasteiger partial charge in [0.15, 0.2) is 5.82 Å². The Bertz CT molecular complexity index is 418. The van der Waals surface area contributed by atoms with Gasteiger partial charge in [-0.15, -0.1) is 0 Å². The molecular weight excluding hydrogens is 286 g/mol. The van der Waals surface area contributed by atoms with E-state index in [0.717, 1.165) is 0 Å². The zero-order valence-corrected chi connectivity index (χ0v) is 8.36. The normalized spacial score (nSPS) is 11.5. The van der Waals surface area contributed by atoms with E-state index in [4.69, 9.17) is 5.11 Å². The highest BCUT2D eigenvalue weighted by molar-refractivity contribution is 9.10. The van der Waals surface area contributed by atoms with Crippen LogP contribution in [0.1, 0.15) is 16.1 Å². The van der Waals surface area contributed by atoms with Gasteiger partial charge in [-0.2, -0.15) is 13.2 Å². The van der Waals surface area contributed by atoms with Crippen LogP contribution in [-0.4, -0.2) is 16.1 Å². The van der Waals surface area contributed by atoms with Crippen LogP contribution in [0.15, 0.2) is 10.7 Å². The lowest BCUT2D eigenvalue weighted by Crippen LogP contribution is -2.12. The molecule has 0 aromatic carbocycles. The molecule has 0 saturated carbocycles. The van der Waals surface area contributed by atoms with E-state index in [-0.39, 0.29) is 6.07 Å². The van der Waals surface area contributed by atoms with Crippen molar-refractivity contribution < 1.29 is 27.5 Å². The van der Waals surface area contributed by atoms with Crippen LogP contribution in [0.5, 0.6) is 0 Å². The van der Waals surface area contributed by atoms with Crippen molar-refractivity contribution in [2.45, 2.75) is 6.18 Å². The van der Waals surface area contributed by atoms with E-state index < -0.39 is 33.8 Å². The fourth-order valence-corrected chi connectivity index (χ4v) is 1.20. The Hall–Kier alpha value is -1.18. The summed E-state index contributed by atoms with van der Waals surface area (Å²) < 4.78 is 48.6. The molecule has 0 fully saturated rings. The Morgan fingerprint density at radius 3 is 2.40 bits per heavy atom. The molecule has 0 amide bonds. The van der Waals surface area contributed by atoms with Crippen molar-refractivity contribution in [1.82, 2.24) is 4.98 Å². The number of nitrogens with zero attached hydrogens (tertiary/aromatic N) is 1. The van der Waals surface area contributed by atoms with Gasteiger partial charge >= 0.3 is 12.1 Å². The third-order valence-electron chi connectivity index (χ3n) is 1.44. The number of aromatic nitrogens is 1. The molecule has 0 radical (unpaired) electrons. The predicted octanol–water partition coefficient (Wildman–Crippen LogP) is 2.70. The molecule has 8 heteroatoms. The summed E-state index contributed by atoms with van der Waals surface area (Å²) in [6, 6.07) is 0.141. The molecule has 0 spiro atoms. The van der Waals surface area contributed by atoms with Gasteiger partial charge in [0.05, 0.1) is 0 Å². The molecule has 1 rings (SSSR count). The Morgan fingerprint density at radius 2 is 2.00 bits per heavy atom. The number of halogens is 5. The Kier molecular flexibility index (Phi) is 2.98. The number of hydrogen-bond donors (Lipinski definition) is 1. The van der Waals surface area contributed by atoms with Crippen molar-refractivity contribution >= 4 is 21.9 Å². The zero-order valence-electron chi connectivity index (χ0n) is 6.77. The minimum absolute atomic E-state index is 0.141. The van der Waals surface area contributed by atoms with Gasteiger partial charge in [0.1, 0.15) is 15.9 Å². The Labute approximate surface area is 88.9 Å². The first-order chi connectivity index (χ1) is 6.73. The highest BCUT2D eigenvalue weighted by Crippen LogP contribution is 2.30. The summed E-state index contributed by atoms with van der Waals surface area (Å²) in [5, 5.41) is 8.42. The van der Waals surface area contributed by atoms with Gasteiger partial charge in [0, 0.05) is 0 Å². The lowest BCUT2D eigenvalue weighted by molar-refractivity contribution is -0.141. The molecule has 0 bridgehead atoms. The van der Waals surface area contributed by atoms with Crippen molar-refractivity contribution in [3.63, 3.8) is 0 Å². The summed E-state index contributed by atoms with van der Waals surface area (Å²) in [7, 11) is 0. The number of pyridine rings is 1. The monoisotopic (exact) mass is 287 g/mol. The van der Waals surface area contributed by atoms with Crippen LogP contribution in [0.4, 0.5) is 17.6 Å². The van der Waals surface area contributed by atoms with E-state index >= 15 is 0 Å². The van der Waals surface area contributed by atoms with Crippen molar-refractivity contribution in [3.8, 4) is 0 Å². The van der Waals surface area contributed by atoms with Gasteiger partial charge in [-0.05, 0) is 22.0 Å². The lowest BCUT2D eigenvalue weighted by atomic mass is 10.2. The molecule has 0 aliphatic carbocycles. The average Bonchev–Trinajstić information content (AvgIpc) is 2.06. The molecular formula is C7H2BrF4NO2. The highest BCUT2D eigenvalue weighted by atomic mass is 79.9. The Morgan fingerprint density at radius 1 is 1.47 bits per heavy atom. The smallest absolute Gasteiger partial charge is 0.433 e. The van der Waals surface area contributed by atoms with E-state index in [1.807, 2.05) is 0 Å². The van der Waals surface area contributed by atoms with Gasteiger partial charge in [-0.1, -0.05) is 0 Å². The highest BCUT2D eigenvalue weighted by Gasteiger charge is 2.35. The number of carbonyl (C=O) groups is 1. The first kappa shape index (κ1) is 11.9. The van der Waals surface area contributed by atoms with E-state index in [1.165, 1.54) is 0 Å². The van der Waals surface area contributed by atoms with Crippen molar-refractivity contribution in [2.75, 3.05) is 0 Å². The quantitative estimate of drug-likeness (QED) is 0.638. The average molecular weight is 288 g/mol. The molecule has 0 unspecified atom stereocenters. The summed E-state index contributed by atoms with van der Waals surface area (Å²) in [6.07, 6.45) is -4.82. The van der Waals surface area contributed by atoms with E-state index in [9.17, 15) is 22.4 Å². The summed E-state index contributed by atoms with van der Waals surface area (Å²) in [6.45, 7) is 0. The topological polar surface area (TPSA) is 50.2 Å². The van der Waals surface area contributed by atoms with Gasteiger partial charge < -0.3 is 5.11 Å². The molecule has 1 aromatic rings. The fraction of sp³-hybridized carbons (Fsp3) is 0.143. The molecule has 0 atom stereocenters. The molecule has 82 valence electrons. The van der Waals surface area contributed by atoms with Gasteiger partial charge in [-0.25, -0.2) is 14.2 Å². The number of hydrogen-bond acceptors (Lipinski definition) is 2. The molecule has 1 N–H and O–H groups in total. The molecule has 15 heavy (non-hydrogen) atoms. The standard InChI is InChI=1S/C7H2BrF4NO2/c8-5-4(9)2(6(14)15)1-3(13-5)7(10,11)12/h1H,(H,14,15). The van der Waals surface area contributed by atoms with Crippen LogP contribution in [0, 0.1) is 5.82 Å². The Balaban J connectivity index is 3.43. The minimum atomic E-state index is -4.82. The largest absolute Gasteiger partial charge is 0.478 e. The van der Waals surface area contributed by atoms with Crippen LogP contribution in [0.25, 0.3) is 0 Å². The second kappa shape index (κ2) is 3.76. The molecule has 1 aromatic heterocycles. The van der Waals surface area contributed by atoms with Crippen LogP contribution >= 0.6 is 15.9 Å². The maximum atomic E-state index is 13.0. The van der Waals surface area contributed by atoms with Crippen LogP contribution in [-0.2, 0) is 6.18 Å². The van der Waals surface area contributed by atoms with Gasteiger partial charge in [0.25, 0.3) is 0 Å². The SMILES string of the molecule is O=C(O)c1cc(C(F)(F)F)nc(Br)c1F. The second-order valence-corrected chi connectivity index (χ2v) is 3.21. The zero-order chi connectivity index (χ0) is 11.8. The first-order valence-corrected chi connectivity index (χ1v) is 4.19. The summed E-state index contributed by atoms with van der Waals surface area (Å²) in [5.74, 6) is -3.13. The number of aromatic carboxylic acids is 1. The van der Waals surface area contributed by atoms with E-state index in [0.29, 0.717) is 0 Å². The molecule has 0 aliphatic heterocycles. The molecule has 1 heterocycles. The maximum absolute atomic E-state index is 13.0. The second-order valence-electron chi connectivity index (χ2n) is 2.46. The summed E-state index contributed by atoms with van der Waals surface area (Å²) in [5.41, 5.74) is -2.54. The van der Waals surface area contributed by atoms with Crippen LogP contribution in [0.3, 0.4) is 0 Å². The molecule has 0 saturated heterocycles. The maximum Gasteiger partial charge on any atom is 0.433 e. The number of carboxylic acid groups (broad SMARTS) is 1.